The van der Waals surface area contributed by atoms with Gasteiger partial charge in [0.2, 0.25) is 10.0 Å². The van der Waals surface area contributed by atoms with E-state index >= 15 is 0 Å². The van der Waals surface area contributed by atoms with Gasteiger partial charge in [0.05, 0.1) is 42.3 Å². The van der Waals surface area contributed by atoms with Crippen LogP contribution in [-0.4, -0.2) is 53.4 Å². The van der Waals surface area contributed by atoms with E-state index in [0.717, 1.165) is 24.5 Å². The first-order valence-electron chi connectivity index (χ1n) is 11.0. The van der Waals surface area contributed by atoms with Gasteiger partial charge in [-0.3, -0.25) is 9.78 Å². The zero-order valence-electron chi connectivity index (χ0n) is 20.5. The SMILES string of the molecule is COc1cc(F)ccc1-c1ccncc1NC(=O)c1cc(CS(=O)(=O)CCNS(C)(=O)=O)cc(C(F)(F)F)c1. The summed E-state index contributed by atoms with van der Waals surface area (Å²) in [6, 6.07) is 7.34. The summed E-state index contributed by atoms with van der Waals surface area (Å²) in [5.74, 6) is -2.97. The molecule has 0 bridgehead atoms. The van der Waals surface area contributed by atoms with E-state index in [2.05, 4.69) is 10.3 Å². The van der Waals surface area contributed by atoms with Gasteiger partial charge in [-0.1, -0.05) is 0 Å². The summed E-state index contributed by atoms with van der Waals surface area (Å²) in [6.07, 6.45) is -1.44. The Labute approximate surface area is 222 Å². The van der Waals surface area contributed by atoms with Crippen molar-refractivity contribution in [2.75, 3.05) is 31.0 Å². The van der Waals surface area contributed by atoms with Gasteiger partial charge in [0.1, 0.15) is 11.6 Å². The second-order valence-corrected chi connectivity index (χ2v) is 12.4. The van der Waals surface area contributed by atoms with Crippen LogP contribution in [0.3, 0.4) is 0 Å². The van der Waals surface area contributed by atoms with Crippen molar-refractivity contribution in [1.29, 1.82) is 0 Å². The van der Waals surface area contributed by atoms with Gasteiger partial charge < -0.3 is 10.1 Å². The number of amides is 1. The minimum absolute atomic E-state index is 0.0749. The number of hydrogen-bond donors (Lipinski definition) is 2. The summed E-state index contributed by atoms with van der Waals surface area (Å²) in [7, 11) is -6.41. The number of aromatic nitrogens is 1. The highest BCUT2D eigenvalue weighted by Gasteiger charge is 2.32. The fraction of sp³-hybridized carbons (Fsp3) is 0.250. The van der Waals surface area contributed by atoms with E-state index < -0.39 is 66.9 Å². The van der Waals surface area contributed by atoms with Crippen molar-refractivity contribution in [2.24, 2.45) is 0 Å². The number of sulfonamides is 1. The number of carbonyl (C=O) groups is 1. The molecule has 9 nitrogen and oxygen atoms in total. The summed E-state index contributed by atoms with van der Waals surface area (Å²) in [5, 5.41) is 2.47. The van der Waals surface area contributed by atoms with E-state index in [1.807, 2.05) is 4.72 Å². The highest BCUT2D eigenvalue weighted by atomic mass is 32.2. The summed E-state index contributed by atoms with van der Waals surface area (Å²) in [6.45, 7) is -0.468. The number of pyridine rings is 1. The number of nitrogens with one attached hydrogen (secondary N) is 2. The maximum absolute atomic E-state index is 13.7. The number of ether oxygens (including phenoxy) is 1. The minimum atomic E-state index is -4.90. The predicted molar refractivity (Wildman–Crippen MR) is 136 cm³/mol. The van der Waals surface area contributed by atoms with Crippen molar-refractivity contribution in [3.8, 4) is 16.9 Å². The third kappa shape index (κ3) is 8.46. The molecular formula is C24H23F4N3O6S2. The lowest BCUT2D eigenvalue weighted by atomic mass is 10.0. The van der Waals surface area contributed by atoms with Crippen LogP contribution in [0.25, 0.3) is 11.1 Å². The number of nitrogens with zero attached hydrogens (tertiary/aromatic N) is 1. The van der Waals surface area contributed by atoms with Crippen molar-refractivity contribution >= 4 is 31.5 Å². The molecular weight excluding hydrogens is 566 g/mol. The lowest BCUT2D eigenvalue weighted by Gasteiger charge is -2.15. The molecule has 2 N–H and O–H groups in total. The van der Waals surface area contributed by atoms with Crippen LogP contribution in [0.2, 0.25) is 0 Å². The highest BCUT2D eigenvalue weighted by Crippen LogP contribution is 2.36. The fourth-order valence-electron chi connectivity index (χ4n) is 3.59. The number of alkyl halides is 3. The molecule has 39 heavy (non-hydrogen) atoms. The first kappa shape index (κ1) is 30.0. The zero-order valence-corrected chi connectivity index (χ0v) is 22.2. The van der Waals surface area contributed by atoms with Crippen LogP contribution in [-0.2, 0) is 31.8 Å². The van der Waals surface area contributed by atoms with Crippen LogP contribution in [0.15, 0.2) is 54.9 Å². The van der Waals surface area contributed by atoms with Crippen molar-refractivity contribution < 1.29 is 43.9 Å². The molecule has 0 unspecified atom stereocenters. The number of methoxy groups -OCH3 is 1. The van der Waals surface area contributed by atoms with Crippen LogP contribution in [0.4, 0.5) is 23.2 Å². The fourth-order valence-corrected chi connectivity index (χ4v) is 5.42. The average molecular weight is 590 g/mol. The number of rotatable bonds is 10. The smallest absolute Gasteiger partial charge is 0.416 e. The van der Waals surface area contributed by atoms with E-state index in [9.17, 15) is 39.2 Å². The summed E-state index contributed by atoms with van der Waals surface area (Å²) >= 11 is 0. The van der Waals surface area contributed by atoms with Crippen LogP contribution < -0.4 is 14.8 Å². The van der Waals surface area contributed by atoms with Crippen molar-refractivity contribution in [3.63, 3.8) is 0 Å². The van der Waals surface area contributed by atoms with Gasteiger partial charge in [0, 0.05) is 35.5 Å². The first-order valence-corrected chi connectivity index (χ1v) is 14.7. The molecule has 0 saturated heterocycles. The molecule has 0 aliphatic heterocycles. The van der Waals surface area contributed by atoms with Crippen LogP contribution in [0.1, 0.15) is 21.5 Å². The number of halogens is 4. The lowest BCUT2D eigenvalue weighted by Crippen LogP contribution is -2.28. The Balaban J connectivity index is 1.95. The summed E-state index contributed by atoms with van der Waals surface area (Å²) < 4.78 is 109. The lowest BCUT2D eigenvalue weighted by molar-refractivity contribution is -0.137. The molecule has 0 radical (unpaired) electrons. The topological polar surface area (TPSA) is 132 Å². The first-order chi connectivity index (χ1) is 18.1. The normalized spacial score (nSPS) is 12.3. The molecule has 15 heteroatoms. The van der Waals surface area contributed by atoms with Crippen LogP contribution >= 0.6 is 0 Å². The van der Waals surface area contributed by atoms with E-state index in [-0.39, 0.29) is 17.0 Å². The van der Waals surface area contributed by atoms with Gasteiger partial charge in [0.25, 0.3) is 5.91 Å². The van der Waals surface area contributed by atoms with Gasteiger partial charge >= 0.3 is 6.18 Å². The maximum Gasteiger partial charge on any atom is 0.416 e. The van der Waals surface area contributed by atoms with Gasteiger partial charge in [-0.25, -0.2) is 25.9 Å². The zero-order chi connectivity index (χ0) is 29.0. The Kier molecular flexibility index (Phi) is 8.98. The number of carbonyl (C=O) groups excluding carboxylic acids is 1. The van der Waals surface area contributed by atoms with E-state index in [4.69, 9.17) is 4.74 Å². The Hall–Kier alpha value is -3.56. The van der Waals surface area contributed by atoms with Gasteiger partial charge in [0.15, 0.2) is 9.84 Å². The number of sulfone groups is 1. The maximum atomic E-state index is 13.7. The molecule has 0 saturated carbocycles. The number of benzene rings is 2. The molecule has 210 valence electrons. The standard InChI is InChI=1S/C24H23F4N3O6S2/c1-37-22-12-18(25)3-4-20(22)19-5-6-29-13-21(19)31-23(32)16-9-15(10-17(11-16)24(26,27)28)14-39(35,36)8-7-30-38(2,33)34/h3-6,9-13,30H,7-8,14H2,1-2H3,(H,31,32). The summed E-state index contributed by atoms with van der Waals surface area (Å²) in [4.78, 5) is 17.0. The molecule has 0 spiro atoms. The van der Waals surface area contributed by atoms with Crippen LogP contribution in [0.5, 0.6) is 5.75 Å². The van der Waals surface area contributed by atoms with E-state index in [1.54, 1.807) is 0 Å². The molecule has 0 fully saturated rings. The van der Waals surface area contributed by atoms with Crippen molar-refractivity contribution in [1.82, 2.24) is 9.71 Å². The molecule has 3 aromatic rings. The third-order valence-corrected chi connectivity index (χ3v) is 7.60. The Morgan fingerprint density at radius 1 is 1.03 bits per heavy atom. The number of hydrogen-bond acceptors (Lipinski definition) is 7. The van der Waals surface area contributed by atoms with E-state index in [1.165, 1.54) is 31.6 Å². The Bertz CT molecular complexity index is 1590. The van der Waals surface area contributed by atoms with Gasteiger partial charge in [-0.2, -0.15) is 13.2 Å². The average Bonchev–Trinajstić information content (AvgIpc) is 2.82. The largest absolute Gasteiger partial charge is 0.496 e. The Morgan fingerprint density at radius 2 is 1.74 bits per heavy atom. The van der Waals surface area contributed by atoms with Crippen molar-refractivity contribution in [3.05, 3.63) is 77.4 Å². The molecule has 0 atom stereocenters. The minimum Gasteiger partial charge on any atom is -0.496 e. The molecule has 0 aliphatic carbocycles. The molecule has 1 aromatic heterocycles. The summed E-state index contributed by atoms with van der Waals surface area (Å²) in [5.41, 5.74) is -1.27. The monoisotopic (exact) mass is 589 g/mol. The highest BCUT2D eigenvalue weighted by molar-refractivity contribution is 7.91. The molecule has 0 aliphatic rings. The van der Waals surface area contributed by atoms with Gasteiger partial charge in [-0.05, 0) is 42.0 Å². The molecule has 1 amide bonds. The third-order valence-electron chi connectivity index (χ3n) is 5.27. The predicted octanol–water partition coefficient (Wildman–Crippen LogP) is 3.63. The quantitative estimate of drug-likeness (QED) is 0.345. The second kappa shape index (κ2) is 11.7. The van der Waals surface area contributed by atoms with Crippen molar-refractivity contribution in [2.45, 2.75) is 11.9 Å². The molecule has 2 aromatic carbocycles. The number of anilines is 1. The Morgan fingerprint density at radius 3 is 2.38 bits per heavy atom. The molecule has 3 rings (SSSR count). The second-order valence-electron chi connectivity index (χ2n) is 8.39. The molecule has 1 heterocycles. The van der Waals surface area contributed by atoms with Crippen LogP contribution in [0, 0.1) is 5.82 Å². The van der Waals surface area contributed by atoms with Gasteiger partial charge in [-0.15, -0.1) is 0 Å². The van der Waals surface area contributed by atoms with E-state index in [0.29, 0.717) is 23.3 Å².